The van der Waals surface area contributed by atoms with Crippen molar-refractivity contribution in [1.29, 1.82) is 0 Å². The highest BCUT2D eigenvalue weighted by molar-refractivity contribution is 6.31. The van der Waals surface area contributed by atoms with E-state index >= 15 is 0 Å². The zero-order valence-electron chi connectivity index (χ0n) is 12.4. The number of allylic oxidation sites excluding steroid dienone is 2. The van der Waals surface area contributed by atoms with E-state index in [1.54, 1.807) is 12.1 Å². The summed E-state index contributed by atoms with van der Waals surface area (Å²) in [6.45, 7) is 1.94. The molecule has 0 aliphatic carbocycles. The molecule has 0 bridgehead atoms. The highest BCUT2D eigenvalue weighted by Gasteiger charge is 2.04. The van der Waals surface area contributed by atoms with Gasteiger partial charge >= 0.3 is 6.03 Å². The fourth-order valence-corrected chi connectivity index (χ4v) is 2.17. The first-order chi connectivity index (χ1) is 11.0. The Labute approximate surface area is 144 Å². The van der Waals surface area contributed by atoms with E-state index in [0.717, 1.165) is 16.7 Å². The third-order valence-electron chi connectivity index (χ3n) is 3.08. The number of hydrogen-bond acceptors (Lipinski definition) is 2. The van der Waals surface area contributed by atoms with Gasteiger partial charge in [0.25, 0.3) is 0 Å². The van der Waals surface area contributed by atoms with Gasteiger partial charge in [-0.3, -0.25) is 0 Å². The van der Waals surface area contributed by atoms with Crippen LogP contribution in [0.15, 0.2) is 59.7 Å². The number of hydrogen-bond donors (Lipinski definition) is 2. The molecule has 0 atom stereocenters. The molecule has 0 unspecified atom stereocenters. The normalized spacial score (nSPS) is 12.1. The average Bonchev–Trinajstić information content (AvgIpc) is 2.52. The minimum atomic E-state index is -0.728. The molecule has 118 valence electrons. The number of rotatable bonds is 4. The number of amides is 2. The second kappa shape index (κ2) is 7.81. The number of halogens is 2. The number of benzene rings is 2. The summed E-state index contributed by atoms with van der Waals surface area (Å²) in [4.78, 5) is 10.9. The van der Waals surface area contributed by atoms with Gasteiger partial charge in [-0.1, -0.05) is 47.5 Å². The maximum absolute atomic E-state index is 10.9. The van der Waals surface area contributed by atoms with E-state index in [0.29, 0.717) is 15.8 Å². The molecule has 0 heterocycles. The minimum absolute atomic E-state index is 0.563. The molecule has 2 aromatic carbocycles. The van der Waals surface area contributed by atoms with Crippen LogP contribution < -0.4 is 11.2 Å². The molecule has 2 amide bonds. The Hall–Kier alpha value is -2.30. The van der Waals surface area contributed by atoms with Gasteiger partial charge in [-0.15, -0.1) is 0 Å². The summed E-state index contributed by atoms with van der Waals surface area (Å²) in [5.41, 5.74) is 10.7. The molecule has 0 aliphatic heterocycles. The van der Waals surface area contributed by atoms with Gasteiger partial charge in [-0.25, -0.2) is 10.2 Å². The predicted octanol–water partition coefficient (Wildman–Crippen LogP) is 4.47. The molecular weight excluding hydrogens is 333 g/mol. The highest BCUT2D eigenvalue weighted by atomic mass is 35.5. The first-order valence-electron chi connectivity index (χ1n) is 6.79. The standard InChI is InChI=1S/C17H15Cl2N3O/c1-11(12-2-6-14(18)7-3-12)10-16(21-22-17(20)23)13-4-8-15(19)9-5-13/h2-10H,1H3,(H3,20,22,23)/b11-10+,21-16+. The Morgan fingerprint density at radius 3 is 1.96 bits per heavy atom. The molecule has 2 aromatic rings. The maximum atomic E-state index is 10.9. The SMILES string of the molecule is C/C(=C\C(=N/NC(N)=O)c1ccc(Cl)cc1)c1ccc(Cl)cc1. The van der Waals surface area contributed by atoms with Crippen LogP contribution in [-0.2, 0) is 0 Å². The van der Waals surface area contributed by atoms with Crippen molar-refractivity contribution in [1.82, 2.24) is 5.43 Å². The summed E-state index contributed by atoms with van der Waals surface area (Å²) in [5.74, 6) is 0. The van der Waals surface area contributed by atoms with Gasteiger partial charge in [0.1, 0.15) is 0 Å². The number of nitrogens with two attached hydrogens (primary N) is 1. The monoisotopic (exact) mass is 347 g/mol. The van der Waals surface area contributed by atoms with Crippen molar-refractivity contribution in [2.24, 2.45) is 10.8 Å². The molecule has 0 saturated carbocycles. The summed E-state index contributed by atoms with van der Waals surface area (Å²) >= 11 is 11.8. The lowest BCUT2D eigenvalue weighted by atomic mass is 10.0. The van der Waals surface area contributed by atoms with Crippen LogP contribution in [0.4, 0.5) is 4.79 Å². The molecule has 0 spiro atoms. The van der Waals surface area contributed by atoms with Gasteiger partial charge in [0.15, 0.2) is 0 Å². The Balaban J connectivity index is 2.38. The maximum Gasteiger partial charge on any atom is 0.332 e. The molecule has 2 rings (SSSR count). The van der Waals surface area contributed by atoms with E-state index in [1.807, 2.05) is 49.4 Å². The van der Waals surface area contributed by atoms with Gasteiger partial charge in [-0.05, 0) is 48.4 Å². The molecule has 3 N–H and O–H groups in total. The van der Waals surface area contributed by atoms with Gasteiger partial charge in [-0.2, -0.15) is 5.10 Å². The smallest absolute Gasteiger partial charge is 0.332 e. The number of carbonyl (C=O) groups is 1. The van der Waals surface area contributed by atoms with Crippen LogP contribution in [-0.4, -0.2) is 11.7 Å². The van der Waals surface area contributed by atoms with Gasteiger partial charge in [0, 0.05) is 15.6 Å². The number of primary amides is 1. The van der Waals surface area contributed by atoms with Gasteiger partial charge in [0.2, 0.25) is 0 Å². The molecular formula is C17H15Cl2N3O. The van der Waals surface area contributed by atoms with Gasteiger partial charge < -0.3 is 5.73 Å². The summed E-state index contributed by atoms with van der Waals surface area (Å²) in [5, 5.41) is 5.34. The Morgan fingerprint density at radius 1 is 1.00 bits per heavy atom. The van der Waals surface area contributed by atoms with Crippen LogP contribution >= 0.6 is 23.2 Å². The van der Waals surface area contributed by atoms with Crippen LogP contribution in [0.25, 0.3) is 5.57 Å². The lowest BCUT2D eigenvalue weighted by Gasteiger charge is -2.06. The third-order valence-corrected chi connectivity index (χ3v) is 3.58. The van der Waals surface area contributed by atoms with E-state index in [-0.39, 0.29) is 0 Å². The second-order valence-corrected chi connectivity index (χ2v) is 5.69. The van der Waals surface area contributed by atoms with E-state index in [2.05, 4.69) is 10.5 Å². The molecule has 0 aromatic heterocycles. The van der Waals surface area contributed by atoms with Crippen molar-refractivity contribution in [2.45, 2.75) is 6.92 Å². The number of hydrazone groups is 1. The molecule has 0 radical (unpaired) electrons. The Kier molecular flexibility index (Phi) is 5.79. The summed E-state index contributed by atoms with van der Waals surface area (Å²) in [7, 11) is 0. The second-order valence-electron chi connectivity index (χ2n) is 4.81. The van der Waals surface area contributed by atoms with Crippen molar-refractivity contribution in [2.75, 3.05) is 0 Å². The first kappa shape index (κ1) is 17.1. The highest BCUT2D eigenvalue weighted by Crippen LogP contribution is 2.19. The lowest BCUT2D eigenvalue weighted by Crippen LogP contribution is -2.25. The molecule has 0 aliphatic rings. The molecule has 6 heteroatoms. The number of carbonyl (C=O) groups excluding carboxylic acids is 1. The number of nitrogens with zero attached hydrogens (tertiary/aromatic N) is 1. The fourth-order valence-electron chi connectivity index (χ4n) is 1.92. The van der Waals surface area contributed by atoms with E-state index < -0.39 is 6.03 Å². The van der Waals surface area contributed by atoms with Crippen molar-refractivity contribution in [3.8, 4) is 0 Å². The summed E-state index contributed by atoms with van der Waals surface area (Å²) < 4.78 is 0. The average molecular weight is 348 g/mol. The molecule has 0 fully saturated rings. The summed E-state index contributed by atoms with van der Waals surface area (Å²) in [6.07, 6.45) is 1.85. The summed E-state index contributed by atoms with van der Waals surface area (Å²) in [6, 6.07) is 13.9. The lowest BCUT2D eigenvalue weighted by molar-refractivity contribution is 0.249. The van der Waals surface area contributed by atoms with E-state index in [9.17, 15) is 4.79 Å². The van der Waals surface area contributed by atoms with Crippen LogP contribution in [0.1, 0.15) is 18.1 Å². The number of nitrogens with one attached hydrogen (secondary N) is 1. The zero-order chi connectivity index (χ0) is 16.8. The topological polar surface area (TPSA) is 67.5 Å². The third kappa shape index (κ3) is 5.13. The van der Waals surface area contributed by atoms with E-state index in [1.165, 1.54) is 0 Å². The van der Waals surface area contributed by atoms with Crippen LogP contribution in [0, 0.1) is 0 Å². The Bertz CT molecular complexity index is 750. The fraction of sp³-hybridized carbons (Fsp3) is 0.0588. The largest absolute Gasteiger partial charge is 0.350 e. The van der Waals surface area contributed by atoms with Crippen molar-refractivity contribution >= 4 is 40.5 Å². The van der Waals surface area contributed by atoms with E-state index in [4.69, 9.17) is 28.9 Å². The van der Waals surface area contributed by atoms with Crippen LogP contribution in [0.3, 0.4) is 0 Å². The van der Waals surface area contributed by atoms with Crippen molar-refractivity contribution in [3.05, 3.63) is 75.8 Å². The first-order valence-corrected chi connectivity index (χ1v) is 7.54. The quantitative estimate of drug-likeness (QED) is 0.621. The van der Waals surface area contributed by atoms with Crippen LogP contribution in [0.5, 0.6) is 0 Å². The number of urea groups is 1. The Morgan fingerprint density at radius 2 is 1.48 bits per heavy atom. The zero-order valence-corrected chi connectivity index (χ0v) is 13.9. The minimum Gasteiger partial charge on any atom is -0.350 e. The molecule has 4 nitrogen and oxygen atoms in total. The van der Waals surface area contributed by atoms with Crippen molar-refractivity contribution in [3.63, 3.8) is 0 Å². The molecule has 23 heavy (non-hydrogen) atoms. The molecule has 0 saturated heterocycles. The predicted molar refractivity (Wildman–Crippen MR) is 95.8 cm³/mol. The van der Waals surface area contributed by atoms with Crippen molar-refractivity contribution < 1.29 is 4.79 Å². The van der Waals surface area contributed by atoms with Gasteiger partial charge in [0.05, 0.1) is 5.71 Å². The van der Waals surface area contributed by atoms with Crippen LogP contribution in [0.2, 0.25) is 10.0 Å².